The van der Waals surface area contributed by atoms with Crippen molar-refractivity contribution in [2.24, 2.45) is 5.92 Å². The summed E-state index contributed by atoms with van der Waals surface area (Å²) in [4.78, 5) is 15.5. The molecule has 2 fully saturated rings. The number of carbonyl (C=O) groups is 1. The molecule has 1 heterocycles. The summed E-state index contributed by atoms with van der Waals surface area (Å²) in [5.74, 6) is 1.13. The third kappa shape index (κ3) is 5.69. The lowest BCUT2D eigenvalue weighted by Gasteiger charge is -2.55. The average Bonchev–Trinajstić information content (AvgIpc) is 2.86. The Morgan fingerprint density at radius 1 is 1.23 bits per heavy atom. The number of fused-ring (bicyclic) bond motifs is 1. The Balaban J connectivity index is 1.60. The van der Waals surface area contributed by atoms with Gasteiger partial charge in [0.25, 0.3) is 0 Å². The number of nitrogens with one attached hydrogen (secondary N) is 1. The average molecular weight is 517 g/mol. The quantitative estimate of drug-likeness (QED) is 0.484. The lowest BCUT2D eigenvalue weighted by Crippen LogP contribution is -2.61. The third-order valence-electron chi connectivity index (χ3n) is 7.66. The summed E-state index contributed by atoms with van der Waals surface area (Å²) in [5.41, 5.74) is 1.98. The molecule has 4 atom stereocenters. The van der Waals surface area contributed by atoms with Crippen molar-refractivity contribution in [2.75, 3.05) is 33.9 Å². The minimum absolute atomic E-state index is 0.00336. The molecule has 35 heavy (non-hydrogen) atoms. The summed E-state index contributed by atoms with van der Waals surface area (Å²) in [7, 11) is 3.49. The molecule has 2 aliphatic rings. The molecule has 1 saturated heterocycles. The van der Waals surface area contributed by atoms with Crippen molar-refractivity contribution in [2.45, 2.75) is 43.2 Å². The molecule has 1 saturated carbocycles. The van der Waals surface area contributed by atoms with Crippen molar-refractivity contribution >= 4 is 29.1 Å². The van der Waals surface area contributed by atoms with Crippen molar-refractivity contribution in [1.82, 2.24) is 10.2 Å². The Morgan fingerprint density at radius 2 is 2.06 bits per heavy atom. The Kier molecular flexibility index (Phi) is 8.43. The highest BCUT2D eigenvalue weighted by Crippen LogP contribution is 2.50. The summed E-state index contributed by atoms with van der Waals surface area (Å²) in [6.07, 6.45) is 4.88. The van der Waals surface area contributed by atoms with E-state index in [1.165, 1.54) is 5.56 Å². The van der Waals surface area contributed by atoms with Gasteiger partial charge in [0.1, 0.15) is 5.75 Å². The number of benzene rings is 2. The standard InChI is InChI=1S/C28H34Cl2N2O3/c1-4-11-32-12-10-28(20-6-5-7-22(15-20)34-2)17-21(16-26(35-3)23(28)18-32)31-27(33)14-19-8-9-24(29)25(30)13-19/h4-9,13,15,21,23,26H,1,10-12,14,16-18H2,2-3H3,(H,31,33)/t21-,23?,26?,28?/m1/s1. The molecular formula is C28H34Cl2N2O3. The van der Waals surface area contributed by atoms with Gasteiger partial charge in [-0.15, -0.1) is 6.58 Å². The fourth-order valence-electron chi connectivity index (χ4n) is 6.02. The van der Waals surface area contributed by atoms with Crippen LogP contribution in [0, 0.1) is 5.92 Å². The molecule has 1 aliphatic carbocycles. The number of ether oxygens (including phenoxy) is 2. The first-order chi connectivity index (χ1) is 16.9. The number of carbonyl (C=O) groups excluding carboxylic acids is 1. The zero-order chi connectivity index (χ0) is 25.0. The van der Waals surface area contributed by atoms with E-state index in [1.54, 1.807) is 26.4 Å². The molecule has 5 nitrogen and oxygen atoms in total. The van der Waals surface area contributed by atoms with Crippen LogP contribution in [0.15, 0.2) is 55.1 Å². The lowest BCUT2D eigenvalue weighted by molar-refractivity contribution is -0.123. The van der Waals surface area contributed by atoms with Crippen LogP contribution in [0.25, 0.3) is 0 Å². The Labute approximate surface area is 218 Å². The topological polar surface area (TPSA) is 50.8 Å². The Hall–Kier alpha value is -2.05. The van der Waals surface area contributed by atoms with Crippen molar-refractivity contribution < 1.29 is 14.3 Å². The molecule has 188 valence electrons. The van der Waals surface area contributed by atoms with E-state index in [9.17, 15) is 4.79 Å². The number of nitrogens with zero attached hydrogens (tertiary/aromatic N) is 1. The van der Waals surface area contributed by atoms with Crippen molar-refractivity contribution in [3.8, 4) is 5.75 Å². The first-order valence-electron chi connectivity index (χ1n) is 12.1. The molecule has 0 bridgehead atoms. The molecule has 1 aliphatic heterocycles. The fraction of sp³-hybridized carbons (Fsp3) is 0.464. The van der Waals surface area contributed by atoms with Gasteiger partial charge in [0, 0.05) is 37.6 Å². The number of piperidine rings is 1. The molecule has 1 amide bonds. The number of hydrogen-bond acceptors (Lipinski definition) is 4. The highest BCUT2D eigenvalue weighted by Gasteiger charge is 2.52. The van der Waals surface area contributed by atoms with Crippen molar-refractivity contribution in [3.05, 3.63) is 76.3 Å². The second-order valence-corrected chi connectivity index (χ2v) is 10.5. The molecule has 1 N–H and O–H groups in total. The zero-order valence-electron chi connectivity index (χ0n) is 20.4. The maximum absolute atomic E-state index is 13.0. The van der Waals surface area contributed by atoms with E-state index in [2.05, 4.69) is 35.0 Å². The Bertz CT molecular complexity index is 1060. The van der Waals surface area contributed by atoms with E-state index in [-0.39, 0.29) is 29.9 Å². The molecular weight excluding hydrogens is 483 g/mol. The summed E-state index contributed by atoms with van der Waals surface area (Å²) < 4.78 is 11.6. The van der Waals surface area contributed by atoms with Crippen LogP contribution < -0.4 is 10.1 Å². The number of amides is 1. The number of halogens is 2. The molecule has 7 heteroatoms. The van der Waals surface area contributed by atoms with Gasteiger partial charge in [-0.3, -0.25) is 9.69 Å². The van der Waals surface area contributed by atoms with Crippen molar-refractivity contribution in [3.63, 3.8) is 0 Å². The fourth-order valence-corrected chi connectivity index (χ4v) is 6.34. The first kappa shape index (κ1) is 26.0. The maximum atomic E-state index is 13.0. The summed E-state index contributed by atoms with van der Waals surface area (Å²) >= 11 is 12.2. The van der Waals surface area contributed by atoms with Gasteiger partial charge in [-0.25, -0.2) is 0 Å². The highest BCUT2D eigenvalue weighted by molar-refractivity contribution is 6.42. The summed E-state index contributed by atoms with van der Waals surface area (Å²) in [6.45, 7) is 6.71. The van der Waals surface area contributed by atoms with Gasteiger partial charge in [0.15, 0.2) is 0 Å². The normalized spacial score (nSPS) is 26.6. The van der Waals surface area contributed by atoms with Crippen LogP contribution in [0.5, 0.6) is 5.75 Å². The second kappa shape index (κ2) is 11.3. The number of methoxy groups -OCH3 is 2. The van der Waals surface area contributed by atoms with Crippen LogP contribution in [0.4, 0.5) is 0 Å². The SMILES string of the molecule is C=CCN1CCC2(c3cccc(OC)c3)C[C@H](NC(=O)Cc3ccc(Cl)c(Cl)c3)CC(OC)C2C1. The minimum atomic E-state index is -0.118. The molecule has 0 aromatic heterocycles. The highest BCUT2D eigenvalue weighted by atomic mass is 35.5. The van der Waals surface area contributed by atoms with Crippen molar-refractivity contribution in [1.29, 1.82) is 0 Å². The van der Waals surface area contributed by atoms with Gasteiger partial charge in [0.05, 0.1) is 29.7 Å². The summed E-state index contributed by atoms with van der Waals surface area (Å²) in [6, 6.07) is 13.7. The van der Waals surface area contributed by atoms with Crippen LogP contribution in [0.2, 0.25) is 10.0 Å². The van der Waals surface area contributed by atoms with Crippen LogP contribution in [-0.2, 0) is 21.4 Å². The van der Waals surface area contributed by atoms with Gasteiger partial charge >= 0.3 is 0 Å². The van der Waals surface area contributed by atoms with E-state index in [1.807, 2.05) is 18.2 Å². The minimum Gasteiger partial charge on any atom is -0.497 e. The lowest BCUT2D eigenvalue weighted by atomic mass is 9.57. The van der Waals surface area contributed by atoms with Gasteiger partial charge in [-0.05, 0) is 61.2 Å². The van der Waals surface area contributed by atoms with Gasteiger partial charge in [-0.1, -0.05) is 47.5 Å². The van der Waals surface area contributed by atoms with Gasteiger partial charge < -0.3 is 14.8 Å². The molecule has 2 aromatic carbocycles. The van der Waals surface area contributed by atoms with Crippen LogP contribution >= 0.6 is 23.2 Å². The molecule has 0 radical (unpaired) electrons. The second-order valence-electron chi connectivity index (χ2n) is 9.70. The Morgan fingerprint density at radius 3 is 2.77 bits per heavy atom. The van der Waals surface area contributed by atoms with Crippen LogP contribution in [0.1, 0.15) is 30.4 Å². The van der Waals surface area contributed by atoms with E-state index in [4.69, 9.17) is 32.7 Å². The van der Waals surface area contributed by atoms with E-state index >= 15 is 0 Å². The predicted molar refractivity (Wildman–Crippen MR) is 142 cm³/mol. The number of rotatable bonds is 8. The number of hydrogen-bond donors (Lipinski definition) is 1. The zero-order valence-corrected chi connectivity index (χ0v) is 21.9. The smallest absolute Gasteiger partial charge is 0.224 e. The van der Waals surface area contributed by atoms with E-state index in [0.29, 0.717) is 16.0 Å². The predicted octanol–water partition coefficient (Wildman–Crippen LogP) is 5.28. The van der Waals surface area contributed by atoms with E-state index in [0.717, 1.165) is 50.2 Å². The molecule has 3 unspecified atom stereocenters. The number of likely N-dealkylation sites (tertiary alicyclic amines) is 1. The molecule has 2 aromatic rings. The van der Waals surface area contributed by atoms with Crippen LogP contribution in [0.3, 0.4) is 0 Å². The van der Waals surface area contributed by atoms with Crippen LogP contribution in [-0.4, -0.2) is 56.8 Å². The molecule has 4 rings (SSSR count). The van der Waals surface area contributed by atoms with E-state index < -0.39 is 0 Å². The first-order valence-corrected chi connectivity index (χ1v) is 12.9. The summed E-state index contributed by atoms with van der Waals surface area (Å²) in [5, 5.41) is 4.25. The third-order valence-corrected chi connectivity index (χ3v) is 8.40. The molecule has 0 spiro atoms. The van der Waals surface area contributed by atoms with Gasteiger partial charge in [0.2, 0.25) is 5.91 Å². The van der Waals surface area contributed by atoms with Gasteiger partial charge in [-0.2, -0.15) is 0 Å². The maximum Gasteiger partial charge on any atom is 0.224 e. The largest absolute Gasteiger partial charge is 0.497 e. The monoisotopic (exact) mass is 516 g/mol.